The number of hydrogen-bond acceptors (Lipinski definition) is 6. The van der Waals surface area contributed by atoms with E-state index in [-0.39, 0.29) is 11.7 Å². The molecule has 9 nitrogen and oxygen atoms in total. The summed E-state index contributed by atoms with van der Waals surface area (Å²) in [5.74, 6) is -0.465. The molecule has 0 amide bonds. The second kappa shape index (κ2) is 7.34. The van der Waals surface area contributed by atoms with Gasteiger partial charge in [0.1, 0.15) is 12.7 Å². The van der Waals surface area contributed by atoms with Gasteiger partial charge in [0, 0.05) is 25.3 Å². The molecule has 1 aliphatic carbocycles. The van der Waals surface area contributed by atoms with Gasteiger partial charge in [0.25, 0.3) is 0 Å². The number of aryl methyl sites for hydroxylation is 2. The largest absolute Gasteiger partial charge is 0.465 e. The molecule has 0 bridgehead atoms. The number of carbonyl (C=O) groups excluding carboxylic acids is 1. The molecule has 0 aliphatic heterocycles. The van der Waals surface area contributed by atoms with Gasteiger partial charge in [-0.2, -0.15) is 0 Å². The van der Waals surface area contributed by atoms with E-state index in [0.717, 1.165) is 25.7 Å². The number of ether oxygens (including phenoxy) is 1. The Labute approximate surface area is 155 Å². The zero-order valence-corrected chi connectivity index (χ0v) is 15.2. The van der Waals surface area contributed by atoms with E-state index in [1.54, 1.807) is 23.3 Å². The Morgan fingerprint density at radius 3 is 2.63 bits per heavy atom. The lowest BCUT2D eigenvalue weighted by atomic mass is 9.95. The summed E-state index contributed by atoms with van der Waals surface area (Å²) < 4.78 is 10.1. The molecule has 27 heavy (non-hydrogen) atoms. The monoisotopic (exact) mass is 370 g/mol. The summed E-state index contributed by atoms with van der Waals surface area (Å²) in [7, 11) is 1.33. The van der Waals surface area contributed by atoms with Crippen LogP contribution >= 0.6 is 0 Å². The third-order valence-electron chi connectivity index (χ3n) is 5.21. The van der Waals surface area contributed by atoms with Crippen molar-refractivity contribution in [2.45, 2.75) is 51.2 Å². The van der Waals surface area contributed by atoms with E-state index < -0.39 is 5.97 Å². The lowest BCUT2D eigenvalue weighted by molar-refractivity contribution is 0.0600. The van der Waals surface area contributed by atoms with Crippen molar-refractivity contribution in [3.63, 3.8) is 0 Å². The van der Waals surface area contributed by atoms with Crippen LogP contribution in [0, 0.1) is 0 Å². The topological polar surface area (TPSA) is 96.8 Å². The molecule has 0 radical (unpaired) electrons. The van der Waals surface area contributed by atoms with E-state index in [4.69, 9.17) is 4.74 Å². The molecule has 3 aromatic rings. The van der Waals surface area contributed by atoms with E-state index in [1.807, 2.05) is 9.13 Å². The van der Waals surface area contributed by atoms with Crippen molar-refractivity contribution in [1.82, 2.24) is 28.9 Å². The number of fused-ring (bicyclic) bond motifs is 1. The smallest absolute Gasteiger partial charge is 0.339 e. The van der Waals surface area contributed by atoms with E-state index >= 15 is 0 Å². The Balaban J connectivity index is 1.80. The summed E-state index contributed by atoms with van der Waals surface area (Å²) in [4.78, 5) is 29.6. The molecule has 3 heterocycles. The number of nitrogens with zero attached hydrogens (tertiary/aromatic N) is 6. The van der Waals surface area contributed by atoms with Crippen molar-refractivity contribution in [2.24, 2.45) is 0 Å². The number of carbonyl (C=O) groups is 1. The normalized spacial score (nSPS) is 15.3. The molecule has 142 valence electrons. The predicted molar refractivity (Wildman–Crippen MR) is 97.5 cm³/mol. The van der Waals surface area contributed by atoms with Crippen LogP contribution in [-0.4, -0.2) is 42.0 Å². The maximum atomic E-state index is 13.2. The Morgan fingerprint density at radius 1 is 1.19 bits per heavy atom. The first-order chi connectivity index (χ1) is 13.2. The SMILES string of the molecule is COC(=O)c1cnc2c(c1)n(CCn1cnnc1)c(=O)n2C1CCCCC1. The van der Waals surface area contributed by atoms with Crippen LogP contribution in [0.25, 0.3) is 11.2 Å². The zero-order valence-electron chi connectivity index (χ0n) is 15.2. The summed E-state index contributed by atoms with van der Waals surface area (Å²) in [6.07, 6.45) is 10.1. The number of esters is 1. The molecule has 1 saturated carbocycles. The molecule has 1 fully saturated rings. The summed E-state index contributed by atoms with van der Waals surface area (Å²) in [6.45, 7) is 0.999. The second-order valence-corrected chi connectivity index (χ2v) is 6.85. The Morgan fingerprint density at radius 2 is 1.93 bits per heavy atom. The molecule has 0 spiro atoms. The molecule has 0 aromatic carbocycles. The van der Waals surface area contributed by atoms with Crippen LogP contribution in [-0.2, 0) is 17.8 Å². The maximum absolute atomic E-state index is 13.2. The summed E-state index contributed by atoms with van der Waals surface area (Å²) in [5, 5.41) is 7.59. The number of methoxy groups -OCH3 is 1. The molecule has 0 atom stereocenters. The second-order valence-electron chi connectivity index (χ2n) is 6.85. The first-order valence-electron chi connectivity index (χ1n) is 9.20. The van der Waals surface area contributed by atoms with E-state index in [1.165, 1.54) is 19.7 Å². The molecule has 0 saturated heterocycles. The maximum Gasteiger partial charge on any atom is 0.339 e. The lowest BCUT2D eigenvalue weighted by Gasteiger charge is -2.22. The van der Waals surface area contributed by atoms with Crippen LogP contribution in [0.1, 0.15) is 48.5 Å². The van der Waals surface area contributed by atoms with Gasteiger partial charge in [0.05, 0.1) is 18.2 Å². The summed E-state index contributed by atoms with van der Waals surface area (Å²) in [5.41, 5.74) is 1.54. The number of imidazole rings is 1. The van der Waals surface area contributed by atoms with Gasteiger partial charge in [0.15, 0.2) is 5.65 Å². The first-order valence-corrected chi connectivity index (χ1v) is 9.20. The average Bonchev–Trinajstić information content (AvgIpc) is 3.31. The first kappa shape index (κ1) is 17.4. The molecule has 0 unspecified atom stereocenters. The van der Waals surface area contributed by atoms with Crippen LogP contribution < -0.4 is 5.69 Å². The minimum absolute atomic E-state index is 0.0838. The van der Waals surface area contributed by atoms with E-state index in [9.17, 15) is 9.59 Å². The highest BCUT2D eigenvalue weighted by Gasteiger charge is 2.24. The predicted octanol–water partition coefficient (Wildman–Crippen LogP) is 1.78. The summed E-state index contributed by atoms with van der Waals surface area (Å²) in [6, 6.07) is 1.85. The van der Waals surface area contributed by atoms with Gasteiger partial charge < -0.3 is 9.30 Å². The van der Waals surface area contributed by atoms with Crippen LogP contribution in [0.5, 0.6) is 0 Å². The van der Waals surface area contributed by atoms with Gasteiger partial charge in [-0.1, -0.05) is 19.3 Å². The minimum atomic E-state index is -0.465. The van der Waals surface area contributed by atoms with E-state index in [2.05, 4.69) is 15.2 Å². The van der Waals surface area contributed by atoms with Crippen molar-refractivity contribution in [2.75, 3.05) is 7.11 Å². The zero-order chi connectivity index (χ0) is 18.8. The van der Waals surface area contributed by atoms with Gasteiger partial charge in [-0.05, 0) is 18.9 Å². The average molecular weight is 370 g/mol. The molecular weight excluding hydrogens is 348 g/mol. The van der Waals surface area contributed by atoms with Gasteiger partial charge in [-0.3, -0.25) is 9.13 Å². The van der Waals surface area contributed by atoms with Crippen LogP contribution in [0.3, 0.4) is 0 Å². The van der Waals surface area contributed by atoms with Crippen molar-refractivity contribution >= 4 is 17.1 Å². The highest BCUT2D eigenvalue weighted by molar-refractivity contribution is 5.92. The van der Waals surface area contributed by atoms with Crippen molar-refractivity contribution in [3.05, 3.63) is 41.0 Å². The molecule has 0 N–H and O–H groups in total. The van der Waals surface area contributed by atoms with Crippen LogP contribution in [0.2, 0.25) is 0 Å². The molecule has 4 rings (SSSR count). The third kappa shape index (κ3) is 3.24. The van der Waals surface area contributed by atoms with Crippen molar-refractivity contribution in [3.8, 4) is 0 Å². The minimum Gasteiger partial charge on any atom is -0.465 e. The quantitative estimate of drug-likeness (QED) is 0.635. The molecule has 9 heteroatoms. The third-order valence-corrected chi connectivity index (χ3v) is 5.21. The van der Waals surface area contributed by atoms with Gasteiger partial charge in [-0.15, -0.1) is 10.2 Å². The van der Waals surface area contributed by atoms with Crippen LogP contribution in [0.15, 0.2) is 29.7 Å². The molecule has 1 aliphatic rings. The number of pyridine rings is 1. The van der Waals surface area contributed by atoms with Crippen LogP contribution in [0.4, 0.5) is 0 Å². The van der Waals surface area contributed by atoms with Crippen molar-refractivity contribution < 1.29 is 9.53 Å². The fraction of sp³-hybridized carbons (Fsp3) is 0.500. The standard InChI is InChI=1S/C18H22N6O3/c1-27-17(25)13-9-15-16(19-10-13)24(14-5-3-2-4-6-14)18(26)23(15)8-7-22-11-20-21-12-22/h9-12,14H,2-8H2,1H3. The summed E-state index contributed by atoms with van der Waals surface area (Å²) >= 11 is 0. The highest BCUT2D eigenvalue weighted by atomic mass is 16.5. The number of aromatic nitrogens is 6. The Hall–Kier alpha value is -2.97. The Bertz CT molecular complexity index is 998. The lowest BCUT2D eigenvalue weighted by Crippen LogP contribution is -2.29. The number of hydrogen-bond donors (Lipinski definition) is 0. The van der Waals surface area contributed by atoms with Gasteiger partial charge in [-0.25, -0.2) is 14.6 Å². The highest BCUT2D eigenvalue weighted by Crippen LogP contribution is 2.29. The number of rotatable bonds is 5. The van der Waals surface area contributed by atoms with Gasteiger partial charge >= 0.3 is 11.7 Å². The van der Waals surface area contributed by atoms with E-state index in [0.29, 0.717) is 29.8 Å². The molecule has 3 aromatic heterocycles. The molecular formula is C18H22N6O3. The van der Waals surface area contributed by atoms with Gasteiger partial charge in [0.2, 0.25) is 0 Å². The fourth-order valence-corrected chi connectivity index (χ4v) is 3.82. The Kier molecular flexibility index (Phi) is 4.74. The van der Waals surface area contributed by atoms with Crippen molar-refractivity contribution in [1.29, 1.82) is 0 Å². The fourth-order valence-electron chi connectivity index (χ4n) is 3.82.